The Morgan fingerprint density at radius 1 is 0.930 bits per heavy atom. The molecule has 222 valence electrons. The van der Waals surface area contributed by atoms with Gasteiger partial charge < -0.3 is 15.2 Å². The van der Waals surface area contributed by atoms with Crippen molar-refractivity contribution in [1.29, 1.82) is 0 Å². The summed E-state index contributed by atoms with van der Waals surface area (Å²) >= 11 is 0. The first kappa shape index (κ1) is 28.9. The fraction of sp³-hybridized carbons (Fsp3) is 0.333. The fourth-order valence-electron chi connectivity index (χ4n) is 6.48. The highest BCUT2D eigenvalue weighted by Crippen LogP contribution is 2.42. The van der Waals surface area contributed by atoms with Gasteiger partial charge in [-0.2, -0.15) is 0 Å². The van der Waals surface area contributed by atoms with E-state index < -0.39 is 23.7 Å². The molecule has 0 bridgehead atoms. The van der Waals surface area contributed by atoms with Crippen LogP contribution in [0, 0.1) is 5.82 Å². The van der Waals surface area contributed by atoms with Crippen LogP contribution in [0.1, 0.15) is 65.1 Å². The molecule has 1 aliphatic heterocycles. The van der Waals surface area contributed by atoms with Crippen molar-refractivity contribution in [2.75, 3.05) is 20.2 Å². The lowest BCUT2D eigenvalue weighted by Gasteiger charge is -2.28. The number of carboxylic acid groups (broad SMARTS) is 1. The first-order valence-electron chi connectivity index (χ1n) is 15.2. The van der Waals surface area contributed by atoms with E-state index in [0.717, 1.165) is 65.7 Å². The number of ether oxygens (including phenoxy) is 1. The number of nitrogens with one attached hydrogen (secondary N) is 1. The molecule has 7 heteroatoms. The normalized spacial score (nSPS) is 16.1. The summed E-state index contributed by atoms with van der Waals surface area (Å²) in [7, 11) is 1.68. The van der Waals surface area contributed by atoms with Gasteiger partial charge in [-0.3, -0.25) is 9.69 Å². The van der Waals surface area contributed by atoms with Gasteiger partial charge in [0.25, 0.3) is 5.91 Å². The molecule has 4 aromatic rings. The van der Waals surface area contributed by atoms with Crippen molar-refractivity contribution >= 4 is 22.6 Å². The number of rotatable bonds is 10. The van der Waals surface area contributed by atoms with Crippen LogP contribution >= 0.6 is 0 Å². The van der Waals surface area contributed by atoms with E-state index in [1.165, 1.54) is 30.9 Å². The topological polar surface area (TPSA) is 78.9 Å². The first-order valence-corrected chi connectivity index (χ1v) is 15.2. The van der Waals surface area contributed by atoms with Crippen LogP contribution in [0.5, 0.6) is 5.75 Å². The van der Waals surface area contributed by atoms with E-state index in [1.54, 1.807) is 19.2 Å². The van der Waals surface area contributed by atoms with Gasteiger partial charge in [0.05, 0.1) is 12.7 Å². The highest BCUT2D eigenvalue weighted by molar-refractivity contribution is 6.01. The largest absolute Gasteiger partial charge is 0.496 e. The number of aliphatic carboxylic acids is 1. The Morgan fingerprint density at radius 3 is 2.37 bits per heavy atom. The average Bonchev–Trinajstić information content (AvgIpc) is 3.86. The van der Waals surface area contributed by atoms with Crippen LogP contribution in [0.25, 0.3) is 21.9 Å². The lowest BCUT2D eigenvalue weighted by Crippen LogP contribution is -2.43. The molecule has 1 heterocycles. The molecule has 1 aliphatic carbocycles. The number of carbonyl (C=O) groups is 2. The van der Waals surface area contributed by atoms with Crippen LogP contribution in [-0.2, 0) is 17.8 Å². The maximum Gasteiger partial charge on any atom is 0.326 e. The minimum absolute atomic E-state index is 0.0473. The zero-order valence-electron chi connectivity index (χ0n) is 24.4. The molecular weight excluding hydrogens is 543 g/mol. The Labute approximate surface area is 251 Å². The third-order valence-electron chi connectivity index (χ3n) is 8.77. The quantitative estimate of drug-likeness (QED) is 0.212. The molecule has 4 aromatic carbocycles. The Kier molecular flexibility index (Phi) is 8.43. The van der Waals surface area contributed by atoms with E-state index in [4.69, 9.17) is 4.74 Å². The number of halogens is 1. The van der Waals surface area contributed by atoms with Crippen LogP contribution in [0.15, 0.2) is 72.8 Å². The number of piperidine rings is 1. The molecule has 0 unspecified atom stereocenters. The van der Waals surface area contributed by atoms with Gasteiger partial charge in [-0.15, -0.1) is 0 Å². The number of hydrogen-bond acceptors (Lipinski definition) is 4. The van der Waals surface area contributed by atoms with E-state index in [1.807, 2.05) is 42.5 Å². The lowest BCUT2D eigenvalue weighted by atomic mass is 9.90. The Bertz CT molecular complexity index is 1660. The molecule has 6 rings (SSSR count). The Morgan fingerprint density at radius 2 is 1.63 bits per heavy atom. The molecule has 0 radical (unpaired) electrons. The number of benzene rings is 4. The van der Waals surface area contributed by atoms with Gasteiger partial charge in [-0.05, 0) is 89.8 Å². The molecule has 6 nitrogen and oxygen atoms in total. The molecular formula is C36H37FN2O4. The van der Waals surface area contributed by atoms with Gasteiger partial charge in [-0.1, -0.05) is 67.1 Å². The minimum Gasteiger partial charge on any atom is -0.496 e. The first-order chi connectivity index (χ1) is 20.9. The van der Waals surface area contributed by atoms with E-state index >= 15 is 0 Å². The van der Waals surface area contributed by atoms with Crippen molar-refractivity contribution in [3.63, 3.8) is 0 Å². The van der Waals surface area contributed by atoms with Crippen molar-refractivity contribution in [3.05, 3.63) is 101 Å². The number of likely N-dealkylation sites (tertiary alicyclic amines) is 1. The molecule has 43 heavy (non-hydrogen) atoms. The van der Waals surface area contributed by atoms with Crippen LogP contribution in [0.4, 0.5) is 4.39 Å². The highest BCUT2D eigenvalue weighted by Gasteiger charge is 2.31. The lowest BCUT2D eigenvalue weighted by molar-refractivity contribution is -0.139. The van der Waals surface area contributed by atoms with Crippen molar-refractivity contribution in [1.82, 2.24) is 10.2 Å². The van der Waals surface area contributed by atoms with Crippen LogP contribution in [0.2, 0.25) is 0 Å². The highest BCUT2D eigenvalue weighted by atomic mass is 19.1. The summed E-state index contributed by atoms with van der Waals surface area (Å²) in [4.78, 5) is 28.2. The molecule has 1 amide bonds. The smallest absolute Gasteiger partial charge is 0.326 e. The molecule has 1 saturated carbocycles. The van der Waals surface area contributed by atoms with Gasteiger partial charge in [0.1, 0.15) is 17.6 Å². The van der Waals surface area contributed by atoms with Crippen molar-refractivity contribution in [2.24, 2.45) is 0 Å². The number of hydrogen-bond donors (Lipinski definition) is 2. The van der Waals surface area contributed by atoms with Gasteiger partial charge in [0.2, 0.25) is 0 Å². The van der Waals surface area contributed by atoms with Gasteiger partial charge in [0, 0.05) is 18.5 Å². The third kappa shape index (κ3) is 6.13. The molecule has 2 N–H and O–H groups in total. The fourth-order valence-corrected chi connectivity index (χ4v) is 6.48. The van der Waals surface area contributed by atoms with Gasteiger partial charge >= 0.3 is 5.97 Å². The number of fused-ring (bicyclic) bond motifs is 1. The molecule has 2 aliphatic rings. The number of carboxylic acids is 1. The summed E-state index contributed by atoms with van der Waals surface area (Å²) in [6.07, 6.45) is 5.54. The third-order valence-corrected chi connectivity index (χ3v) is 8.77. The van der Waals surface area contributed by atoms with E-state index in [0.29, 0.717) is 5.56 Å². The maximum absolute atomic E-state index is 14.8. The minimum atomic E-state index is -1.23. The van der Waals surface area contributed by atoms with E-state index in [2.05, 4.69) is 22.3 Å². The second-order valence-corrected chi connectivity index (χ2v) is 11.7. The van der Waals surface area contributed by atoms with Gasteiger partial charge in [0.15, 0.2) is 0 Å². The van der Waals surface area contributed by atoms with Crippen molar-refractivity contribution in [3.8, 4) is 16.9 Å². The van der Waals surface area contributed by atoms with E-state index in [-0.39, 0.29) is 17.9 Å². The molecule has 0 aromatic heterocycles. The molecule has 1 atom stereocenters. The Hall–Kier alpha value is -4.23. The van der Waals surface area contributed by atoms with E-state index in [9.17, 15) is 19.1 Å². The monoisotopic (exact) mass is 580 g/mol. The SMILES string of the molecule is COc1cccc(CN2CCCCC2)c1-c1cccc2c(C[C@H](NC(=O)c3c(F)cccc3C3CC3)C(=O)O)cccc12. The summed E-state index contributed by atoms with van der Waals surface area (Å²) in [5.74, 6) is -1.55. The summed E-state index contributed by atoms with van der Waals surface area (Å²) in [6.45, 7) is 2.98. The maximum atomic E-state index is 14.8. The average molecular weight is 581 g/mol. The number of nitrogens with zero attached hydrogens (tertiary/aromatic N) is 1. The summed E-state index contributed by atoms with van der Waals surface area (Å²) in [6, 6.07) is 21.4. The Balaban J connectivity index is 1.34. The predicted molar refractivity (Wildman–Crippen MR) is 166 cm³/mol. The summed E-state index contributed by atoms with van der Waals surface area (Å²) in [5.41, 5.74) is 4.62. The number of methoxy groups -OCH3 is 1. The summed E-state index contributed by atoms with van der Waals surface area (Å²) in [5, 5.41) is 14.6. The van der Waals surface area contributed by atoms with Crippen molar-refractivity contribution in [2.45, 2.75) is 57.0 Å². The number of amides is 1. The van der Waals surface area contributed by atoms with Gasteiger partial charge in [-0.25, -0.2) is 9.18 Å². The zero-order chi connectivity index (χ0) is 29.9. The molecule has 0 spiro atoms. The molecule has 2 fully saturated rings. The van der Waals surface area contributed by atoms with Crippen molar-refractivity contribution < 1.29 is 23.8 Å². The van der Waals surface area contributed by atoms with Crippen LogP contribution in [-0.4, -0.2) is 48.1 Å². The predicted octanol–water partition coefficient (Wildman–Crippen LogP) is 6.94. The second kappa shape index (κ2) is 12.6. The number of carbonyl (C=O) groups excluding carboxylic acids is 1. The second-order valence-electron chi connectivity index (χ2n) is 11.7. The standard InChI is InChI=1S/C36H37FN2O4/c1-43-32-16-6-10-25(22-39-19-3-2-4-20-39)33(32)29-14-7-11-26-24(9-5-13-28(26)29)21-31(36(41)42)38-35(40)34-27(23-17-18-23)12-8-15-30(34)37/h5-16,23,31H,2-4,17-22H2,1H3,(H,38,40)(H,41,42)/t31-/m0/s1. The van der Waals surface area contributed by atoms with Crippen LogP contribution < -0.4 is 10.1 Å². The summed E-state index contributed by atoms with van der Waals surface area (Å²) < 4.78 is 20.7. The van der Waals surface area contributed by atoms with Crippen LogP contribution in [0.3, 0.4) is 0 Å². The molecule has 1 saturated heterocycles. The zero-order valence-corrected chi connectivity index (χ0v) is 24.4.